The van der Waals surface area contributed by atoms with Crippen LogP contribution in [0.25, 0.3) is 11.1 Å². The lowest BCUT2D eigenvalue weighted by atomic mass is 9.81. The summed E-state index contributed by atoms with van der Waals surface area (Å²) >= 11 is 0. The van der Waals surface area contributed by atoms with Crippen LogP contribution < -0.4 is 0 Å². The summed E-state index contributed by atoms with van der Waals surface area (Å²) in [4.78, 5) is 35.5. The topological polar surface area (TPSA) is 77.3 Å². The van der Waals surface area contributed by atoms with Gasteiger partial charge in [-0.15, -0.1) is 0 Å². The van der Waals surface area contributed by atoms with E-state index in [0.717, 1.165) is 22.3 Å². The van der Waals surface area contributed by atoms with E-state index in [2.05, 4.69) is 13.8 Å². The molecule has 1 aliphatic rings. The van der Waals surface area contributed by atoms with E-state index in [9.17, 15) is 19.7 Å². The minimum Gasteiger partial charge on any atom is -0.294 e. The number of ketones is 2. The number of rotatable bonds is 5. The van der Waals surface area contributed by atoms with Crippen LogP contribution >= 0.6 is 0 Å². The smallest absolute Gasteiger partial charge is 0.269 e. The van der Waals surface area contributed by atoms with E-state index >= 15 is 0 Å². The Bertz CT molecular complexity index is 1210. The molecule has 0 spiro atoms. The Labute approximate surface area is 174 Å². The molecule has 5 heteroatoms. The maximum atomic E-state index is 13.0. The largest absolute Gasteiger partial charge is 0.294 e. The fraction of sp³-hybridized carbons (Fsp3) is 0.200. The van der Waals surface area contributed by atoms with Gasteiger partial charge in [-0.3, -0.25) is 19.7 Å². The molecule has 5 nitrogen and oxygen atoms in total. The van der Waals surface area contributed by atoms with Gasteiger partial charge in [0.2, 0.25) is 0 Å². The SMILES string of the molecule is CCC(=O)c1ccc2c(c1)C(C)(C)c1cc(C(=O)c3ccc([N+](=O)[O-])cc3)ccc1-2. The van der Waals surface area contributed by atoms with Crippen molar-refractivity contribution in [1.82, 2.24) is 0 Å². The Kier molecular flexibility index (Phi) is 4.61. The van der Waals surface area contributed by atoms with Gasteiger partial charge in [0.05, 0.1) is 4.92 Å². The second-order valence-corrected chi connectivity index (χ2v) is 8.06. The Morgan fingerprint density at radius 2 is 1.33 bits per heavy atom. The predicted octanol–water partition coefficient (Wildman–Crippen LogP) is 5.72. The number of carbonyl (C=O) groups is 2. The van der Waals surface area contributed by atoms with Crippen molar-refractivity contribution in [2.45, 2.75) is 32.6 Å². The van der Waals surface area contributed by atoms with Gasteiger partial charge >= 0.3 is 0 Å². The van der Waals surface area contributed by atoms with Crippen LogP contribution in [0.15, 0.2) is 60.7 Å². The average molecular weight is 399 g/mol. The Morgan fingerprint density at radius 3 is 1.87 bits per heavy atom. The second kappa shape index (κ2) is 7.02. The maximum absolute atomic E-state index is 13.0. The Balaban J connectivity index is 1.74. The van der Waals surface area contributed by atoms with Gasteiger partial charge in [-0.2, -0.15) is 0 Å². The molecule has 0 radical (unpaired) electrons. The number of hydrogen-bond donors (Lipinski definition) is 0. The first-order valence-electron chi connectivity index (χ1n) is 9.86. The van der Waals surface area contributed by atoms with Gasteiger partial charge in [0.25, 0.3) is 5.69 Å². The first kappa shape index (κ1) is 19.7. The van der Waals surface area contributed by atoms with Crippen molar-refractivity contribution in [3.05, 3.63) is 98.6 Å². The monoisotopic (exact) mass is 399 g/mol. The van der Waals surface area contributed by atoms with Crippen LogP contribution in [0.4, 0.5) is 5.69 Å². The summed E-state index contributed by atoms with van der Waals surface area (Å²) in [5, 5.41) is 10.8. The van der Waals surface area contributed by atoms with Crippen LogP contribution in [-0.2, 0) is 5.41 Å². The number of carbonyl (C=O) groups excluding carboxylic acids is 2. The van der Waals surface area contributed by atoms with Crippen LogP contribution in [0.2, 0.25) is 0 Å². The summed E-state index contributed by atoms with van der Waals surface area (Å²) in [6, 6.07) is 17.1. The number of nitro groups is 1. The van der Waals surface area contributed by atoms with Gasteiger partial charge < -0.3 is 0 Å². The van der Waals surface area contributed by atoms with Crippen molar-refractivity contribution in [2.75, 3.05) is 0 Å². The second-order valence-electron chi connectivity index (χ2n) is 8.06. The van der Waals surface area contributed by atoms with E-state index in [4.69, 9.17) is 0 Å². The summed E-state index contributed by atoms with van der Waals surface area (Å²) in [7, 11) is 0. The number of Topliss-reactive ketones (excluding diaryl/α,β-unsaturated/α-hetero) is 1. The highest BCUT2D eigenvalue weighted by molar-refractivity contribution is 6.09. The normalized spacial score (nSPS) is 13.4. The molecule has 1 aliphatic carbocycles. The molecular formula is C25H21NO4. The highest BCUT2D eigenvalue weighted by Gasteiger charge is 2.36. The minimum atomic E-state index is -0.485. The molecule has 0 saturated carbocycles. The van der Waals surface area contributed by atoms with E-state index in [1.165, 1.54) is 24.3 Å². The minimum absolute atomic E-state index is 0.0467. The molecule has 30 heavy (non-hydrogen) atoms. The molecule has 4 rings (SSSR count). The quantitative estimate of drug-likeness (QED) is 0.312. The number of non-ortho nitro benzene ring substituents is 1. The number of nitrogens with zero attached hydrogens (tertiary/aromatic N) is 1. The maximum Gasteiger partial charge on any atom is 0.269 e. The van der Waals surface area contributed by atoms with Gasteiger partial charge in [0, 0.05) is 40.7 Å². The van der Waals surface area contributed by atoms with Crippen molar-refractivity contribution in [3.63, 3.8) is 0 Å². The molecule has 0 N–H and O–H groups in total. The summed E-state index contributed by atoms with van der Waals surface area (Å²) in [5.41, 5.74) is 5.51. The Morgan fingerprint density at radius 1 is 0.833 bits per heavy atom. The average Bonchev–Trinajstić information content (AvgIpc) is 2.99. The fourth-order valence-electron chi connectivity index (χ4n) is 4.16. The van der Waals surface area contributed by atoms with E-state index in [-0.39, 0.29) is 22.7 Å². The highest BCUT2D eigenvalue weighted by Crippen LogP contribution is 2.49. The van der Waals surface area contributed by atoms with Crippen LogP contribution in [-0.4, -0.2) is 16.5 Å². The molecule has 0 amide bonds. The standard InChI is InChI=1S/C25H21NO4/c1-4-23(27)16-7-11-19-20-12-8-17(14-22(20)25(2,3)21(19)13-16)24(28)15-5-9-18(10-6-15)26(29)30/h5-14H,4H2,1-3H3. The lowest BCUT2D eigenvalue weighted by Crippen LogP contribution is -2.16. The summed E-state index contributed by atoms with van der Waals surface area (Å²) < 4.78 is 0. The van der Waals surface area contributed by atoms with Crippen LogP contribution in [0, 0.1) is 10.1 Å². The number of fused-ring (bicyclic) bond motifs is 3. The molecule has 3 aromatic carbocycles. The van der Waals surface area contributed by atoms with Gasteiger partial charge in [0.1, 0.15) is 0 Å². The lowest BCUT2D eigenvalue weighted by Gasteiger charge is -2.22. The van der Waals surface area contributed by atoms with Crippen LogP contribution in [0.5, 0.6) is 0 Å². The first-order chi connectivity index (χ1) is 14.2. The van der Waals surface area contributed by atoms with Crippen LogP contribution in [0.1, 0.15) is 64.6 Å². The zero-order chi connectivity index (χ0) is 21.6. The van der Waals surface area contributed by atoms with Gasteiger partial charge in [0.15, 0.2) is 11.6 Å². The summed E-state index contributed by atoms with van der Waals surface area (Å²) in [5.74, 6) is -0.0695. The van der Waals surface area contributed by atoms with Gasteiger partial charge in [-0.1, -0.05) is 45.0 Å². The summed E-state index contributed by atoms with van der Waals surface area (Å²) in [6.07, 6.45) is 0.458. The first-order valence-corrected chi connectivity index (χ1v) is 9.86. The van der Waals surface area contributed by atoms with E-state index in [0.29, 0.717) is 23.1 Å². The fourth-order valence-corrected chi connectivity index (χ4v) is 4.16. The third-order valence-corrected chi connectivity index (χ3v) is 5.92. The zero-order valence-corrected chi connectivity index (χ0v) is 17.1. The molecule has 0 heterocycles. The molecule has 0 saturated heterocycles. The molecule has 0 atom stereocenters. The molecule has 3 aromatic rings. The van der Waals surface area contributed by atoms with Crippen molar-refractivity contribution in [1.29, 1.82) is 0 Å². The van der Waals surface area contributed by atoms with Crippen molar-refractivity contribution < 1.29 is 14.5 Å². The zero-order valence-electron chi connectivity index (χ0n) is 17.1. The molecular weight excluding hydrogens is 378 g/mol. The van der Waals surface area contributed by atoms with Crippen molar-refractivity contribution >= 4 is 17.3 Å². The van der Waals surface area contributed by atoms with Crippen molar-refractivity contribution in [2.24, 2.45) is 0 Å². The molecule has 0 fully saturated rings. The number of hydrogen-bond acceptors (Lipinski definition) is 4. The van der Waals surface area contributed by atoms with E-state index in [1.807, 2.05) is 37.3 Å². The third-order valence-electron chi connectivity index (χ3n) is 5.92. The summed E-state index contributed by atoms with van der Waals surface area (Å²) in [6.45, 7) is 6.04. The van der Waals surface area contributed by atoms with Gasteiger partial charge in [-0.25, -0.2) is 0 Å². The number of benzene rings is 3. The molecule has 150 valence electrons. The van der Waals surface area contributed by atoms with Crippen LogP contribution in [0.3, 0.4) is 0 Å². The predicted molar refractivity (Wildman–Crippen MR) is 115 cm³/mol. The number of nitro benzene ring substituents is 1. The van der Waals surface area contributed by atoms with E-state index in [1.54, 1.807) is 6.07 Å². The van der Waals surface area contributed by atoms with Crippen molar-refractivity contribution in [3.8, 4) is 11.1 Å². The van der Waals surface area contributed by atoms with Gasteiger partial charge in [-0.05, 0) is 46.5 Å². The Hall–Kier alpha value is -3.60. The third kappa shape index (κ3) is 3.03. The molecule has 0 unspecified atom stereocenters. The van der Waals surface area contributed by atoms with E-state index < -0.39 is 4.92 Å². The molecule has 0 bridgehead atoms. The highest BCUT2D eigenvalue weighted by atomic mass is 16.6. The lowest BCUT2D eigenvalue weighted by molar-refractivity contribution is -0.384. The molecule has 0 aliphatic heterocycles. The molecule has 0 aromatic heterocycles.